The molecule has 84 valence electrons. The number of hydrogen-bond donors (Lipinski definition) is 3. The monoisotopic (exact) mass is 221 g/mol. The summed E-state index contributed by atoms with van der Waals surface area (Å²) in [6.45, 7) is 0. The van der Waals surface area contributed by atoms with Crippen molar-refractivity contribution in [3.8, 4) is 11.6 Å². The van der Waals surface area contributed by atoms with Crippen LogP contribution < -0.4 is 0 Å². The number of methoxy groups -OCH3 is 1. The van der Waals surface area contributed by atoms with Crippen molar-refractivity contribution in [3.05, 3.63) is 23.9 Å². The van der Waals surface area contributed by atoms with Gasteiger partial charge in [0.2, 0.25) is 0 Å². The average Bonchev–Trinajstić information content (AvgIpc) is 2.55. The Bertz CT molecular complexity index is 544. The Morgan fingerprint density at radius 2 is 2.12 bits per heavy atom. The van der Waals surface area contributed by atoms with Crippen molar-refractivity contribution < 1.29 is 19.7 Å². The SMILES string of the molecule is COC(=O)Cc1[nH]c(O)c2cc(O)ccc12. The van der Waals surface area contributed by atoms with Gasteiger partial charge in [-0.1, -0.05) is 0 Å². The van der Waals surface area contributed by atoms with Crippen molar-refractivity contribution in [1.29, 1.82) is 0 Å². The molecule has 0 spiro atoms. The van der Waals surface area contributed by atoms with E-state index < -0.39 is 5.97 Å². The zero-order valence-corrected chi connectivity index (χ0v) is 8.65. The molecule has 16 heavy (non-hydrogen) atoms. The van der Waals surface area contributed by atoms with Crippen molar-refractivity contribution in [3.63, 3.8) is 0 Å². The van der Waals surface area contributed by atoms with Gasteiger partial charge in [-0.2, -0.15) is 0 Å². The number of benzene rings is 1. The zero-order valence-electron chi connectivity index (χ0n) is 8.65. The molecule has 0 saturated carbocycles. The Balaban J connectivity index is 2.51. The van der Waals surface area contributed by atoms with E-state index in [9.17, 15) is 15.0 Å². The molecule has 0 fully saturated rings. The summed E-state index contributed by atoms with van der Waals surface area (Å²) in [5.74, 6) is -0.396. The Morgan fingerprint density at radius 1 is 1.38 bits per heavy atom. The first-order chi connectivity index (χ1) is 7.61. The maximum Gasteiger partial charge on any atom is 0.311 e. The van der Waals surface area contributed by atoms with Gasteiger partial charge in [-0.3, -0.25) is 4.79 Å². The number of H-pyrrole nitrogens is 1. The quantitative estimate of drug-likeness (QED) is 0.667. The van der Waals surface area contributed by atoms with Gasteiger partial charge in [0.15, 0.2) is 5.88 Å². The van der Waals surface area contributed by atoms with Gasteiger partial charge in [-0.25, -0.2) is 0 Å². The fourth-order valence-corrected chi connectivity index (χ4v) is 1.62. The average molecular weight is 221 g/mol. The first kappa shape index (κ1) is 10.4. The van der Waals surface area contributed by atoms with Crippen LogP contribution in [0.25, 0.3) is 10.8 Å². The number of esters is 1. The first-order valence-corrected chi connectivity index (χ1v) is 4.71. The van der Waals surface area contributed by atoms with Gasteiger partial charge in [0.05, 0.1) is 13.5 Å². The summed E-state index contributed by atoms with van der Waals surface area (Å²) < 4.78 is 4.55. The molecule has 0 bridgehead atoms. The number of phenolic OH excluding ortho intramolecular Hbond substituents is 1. The van der Waals surface area contributed by atoms with Crippen LogP contribution in [0.15, 0.2) is 18.2 Å². The van der Waals surface area contributed by atoms with Gasteiger partial charge in [0, 0.05) is 16.5 Å². The van der Waals surface area contributed by atoms with E-state index in [-0.39, 0.29) is 18.1 Å². The van der Waals surface area contributed by atoms with E-state index in [1.165, 1.54) is 19.2 Å². The summed E-state index contributed by atoms with van der Waals surface area (Å²) in [5.41, 5.74) is 0.569. The predicted octanol–water partition coefficient (Wildman–Crippen LogP) is 1.29. The highest BCUT2D eigenvalue weighted by molar-refractivity contribution is 5.93. The van der Waals surface area contributed by atoms with E-state index in [1.54, 1.807) is 6.07 Å². The van der Waals surface area contributed by atoms with Crippen LogP contribution in [0, 0.1) is 0 Å². The molecule has 2 aromatic rings. The highest BCUT2D eigenvalue weighted by Gasteiger charge is 2.13. The third kappa shape index (κ3) is 1.67. The molecule has 5 nitrogen and oxygen atoms in total. The second kappa shape index (κ2) is 3.77. The number of aromatic amines is 1. The molecule has 0 aliphatic carbocycles. The Kier molecular flexibility index (Phi) is 2.44. The number of ether oxygens (including phenoxy) is 1. The molecule has 0 amide bonds. The second-order valence-electron chi connectivity index (χ2n) is 3.43. The molecule has 0 saturated heterocycles. The third-order valence-corrected chi connectivity index (χ3v) is 2.40. The van der Waals surface area contributed by atoms with E-state index in [4.69, 9.17) is 0 Å². The number of aromatic nitrogens is 1. The summed E-state index contributed by atoms with van der Waals surface area (Å²) >= 11 is 0. The highest BCUT2D eigenvalue weighted by atomic mass is 16.5. The Morgan fingerprint density at radius 3 is 2.81 bits per heavy atom. The maximum atomic E-state index is 11.1. The first-order valence-electron chi connectivity index (χ1n) is 4.71. The number of hydrogen-bond acceptors (Lipinski definition) is 4. The van der Waals surface area contributed by atoms with Gasteiger partial charge >= 0.3 is 5.97 Å². The number of fused-ring (bicyclic) bond motifs is 1. The van der Waals surface area contributed by atoms with Crippen LogP contribution in [0.4, 0.5) is 0 Å². The van der Waals surface area contributed by atoms with Gasteiger partial charge in [-0.05, 0) is 18.2 Å². The Hall–Kier alpha value is -2.17. The van der Waals surface area contributed by atoms with Crippen LogP contribution in [0.2, 0.25) is 0 Å². The topological polar surface area (TPSA) is 82.6 Å². The highest BCUT2D eigenvalue weighted by Crippen LogP contribution is 2.30. The zero-order chi connectivity index (χ0) is 11.7. The van der Waals surface area contributed by atoms with E-state index in [0.717, 1.165) is 0 Å². The number of rotatable bonds is 2. The normalized spacial score (nSPS) is 10.6. The lowest BCUT2D eigenvalue weighted by atomic mass is 10.1. The summed E-state index contributed by atoms with van der Waals surface area (Å²) in [6.07, 6.45) is 0.0539. The lowest BCUT2D eigenvalue weighted by Crippen LogP contribution is -2.04. The van der Waals surface area contributed by atoms with Crippen LogP contribution >= 0.6 is 0 Å². The Labute approximate surface area is 91.3 Å². The molecule has 3 N–H and O–H groups in total. The van der Waals surface area contributed by atoms with E-state index in [0.29, 0.717) is 16.5 Å². The van der Waals surface area contributed by atoms with Crippen molar-refractivity contribution in [2.24, 2.45) is 0 Å². The molecule has 2 rings (SSSR count). The van der Waals surface area contributed by atoms with Crippen LogP contribution in [0.5, 0.6) is 11.6 Å². The van der Waals surface area contributed by atoms with Crippen molar-refractivity contribution in [2.75, 3.05) is 7.11 Å². The number of carbonyl (C=O) groups excluding carboxylic acids is 1. The molecule has 1 aromatic heterocycles. The molecule has 5 heteroatoms. The van der Waals surface area contributed by atoms with E-state index in [1.807, 2.05) is 0 Å². The summed E-state index contributed by atoms with van der Waals surface area (Å²) in [4.78, 5) is 13.8. The van der Waals surface area contributed by atoms with Crippen LogP contribution in [-0.2, 0) is 16.0 Å². The minimum absolute atomic E-state index is 0.0539. The fraction of sp³-hybridized carbons (Fsp3) is 0.182. The number of nitrogens with one attached hydrogen (secondary N) is 1. The smallest absolute Gasteiger partial charge is 0.311 e. The third-order valence-electron chi connectivity index (χ3n) is 2.40. The molecule has 0 unspecified atom stereocenters. The van der Waals surface area contributed by atoms with Gasteiger partial charge < -0.3 is 19.9 Å². The predicted molar refractivity (Wildman–Crippen MR) is 57.3 cm³/mol. The summed E-state index contributed by atoms with van der Waals surface area (Å²) in [7, 11) is 1.30. The van der Waals surface area contributed by atoms with Crippen molar-refractivity contribution in [2.45, 2.75) is 6.42 Å². The number of carbonyl (C=O) groups is 1. The molecular formula is C11H11NO4. The standard InChI is InChI=1S/C11H11NO4/c1-16-10(14)5-9-7-3-2-6(13)4-8(7)11(15)12-9/h2-4,12-13,15H,5H2,1H3. The number of phenols is 1. The molecule has 0 aliphatic heterocycles. The van der Waals surface area contributed by atoms with Crippen LogP contribution in [0.3, 0.4) is 0 Å². The second-order valence-corrected chi connectivity index (χ2v) is 3.43. The van der Waals surface area contributed by atoms with Gasteiger partial charge in [0.1, 0.15) is 5.75 Å². The molecule has 0 aliphatic rings. The fourth-order valence-electron chi connectivity index (χ4n) is 1.62. The van der Waals surface area contributed by atoms with E-state index >= 15 is 0 Å². The lowest BCUT2D eigenvalue weighted by molar-refractivity contribution is -0.139. The summed E-state index contributed by atoms with van der Waals surface area (Å²) in [5, 5.41) is 20.0. The number of aromatic hydroxyl groups is 2. The van der Waals surface area contributed by atoms with Crippen molar-refractivity contribution >= 4 is 16.7 Å². The maximum absolute atomic E-state index is 11.1. The largest absolute Gasteiger partial charge is 0.508 e. The van der Waals surface area contributed by atoms with E-state index in [2.05, 4.69) is 9.72 Å². The molecule has 0 atom stereocenters. The lowest BCUT2D eigenvalue weighted by Gasteiger charge is -1.98. The summed E-state index contributed by atoms with van der Waals surface area (Å²) in [6, 6.07) is 4.57. The van der Waals surface area contributed by atoms with Gasteiger partial charge in [-0.15, -0.1) is 0 Å². The van der Waals surface area contributed by atoms with Crippen molar-refractivity contribution in [1.82, 2.24) is 4.98 Å². The van der Waals surface area contributed by atoms with Crippen LogP contribution in [-0.4, -0.2) is 28.3 Å². The molecule has 0 radical (unpaired) electrons. The minimum Gasteiger partial charge on any atom is -0.508 e. The molecular weight excluding hydrogens is 210 g/mol. The minimum atomic E-state index is -0.392. The van der Waals surface area contributed by atoms with Crippen LogP contribution in [0.1, 0.15) is 5.69 Å². The van der Waals surface area contributed by atoms with Gasteiger partial charge in [0.25, 0.3) is 0 Å². The molecule has 1 aromatic carbocycles. The molecule has 1 heterocycles.